The van der Waals surface area contributed by atoms with Crippen LogP contribution in [0.2, 0.25) is 0 Å². The van der Waals surface area contributed by atoms with Gasteiger partial charge >= 0.3 is 0 Å². The second-order valence-electron chi connectivity index (χ2n) is 6.28. The summed E-state index contributed by atoms with van der Waals surface area (Å²) in [5.74, 6) is -0.966. The largest absolute Gasteiger partial charge is 0.353 e. The van der Waals surface area contributed by atoms with Gasteiger partial charge in [-0.15, -0.1) is 0 Å². The Kier molecular flexibility index (Phi) is 4.19. The smallest absolute Gasteiger partial charge is 0.187 e. The lowest BCUT2D eigenvalue weighted by Gasteiger charge is -2.29. The van der Waals surface area contributed by atoms with Crippen molar-refractivity contribution in [3.63, 3.8) is 0 Å². The van der Waals surface area contributed by atoms with E-state index >= 15 is 0 Å². The molecule has 3 rings (SSSR count). The minimum atomic E-state index is -4.12. The monoisotopic (exact) mass is 374 g/mol. The Bertz CT molecular complexity index is 909. The molecule has 0 N–H and O–H groups in total. The van der Waals surface area contributed by atoms with E-state index < -0.39 is 47.4 Å². The highest BCUT2D eigenvalue weighted by Gasteiger charge is 2.49. The maximum Gasteiger partial charge on any atom is 0.187 e. The number of hydrogen-bond acceptors (Lipinski definition) is 6. The Balaban J connectivity index is 2.07. The number of aryl methyl sites for hydroxylation is 1. The summed E-state index contributed by atoms with van der Waals surface area (Å²) in [5, 5.41) is -1.19. The zero-order valence-corrected chi connectivity index (χ0v) is 15.1. The van der Waals surface area contributed by atoms with Crippen molar-refractivity contribution in [1.29, 1.82) is 0 Å². The van der Waals surface area contributed by atoms with Gasteiger partial charge in [0.25, 0.3) is 0 Å². The second kappa shape index (κ2) is 5.80. The number of amidine groups is 1. The van der Waals surface area contributed by atoms with Gasteiger partial charge in [0, 0.05) is 6.54 Å². The van der Waals surface area contributed by atoms with Crippen LogP contribution in [-0.4, -0.2) is 63.5 Å². The van der Waals surface area contributed by atoms with Crippen LogP contribution in [0.3, 0.4) is 0 Å². The molecule has 1 aromatic rings. The van der Waals surface area contributed by atoms with E-state index in [0.29, 0.717) is 24.5 Å². The quantitative estimate of drug-likeness (QED) is 0.782. The molecule has 2 heterocycles. The van der Waals surface area contributed by atoms with Crippen LogP contribution in [0.4, 0.5) is 4.39 Å². The van der Waals surface area contributed by atoms with E-state index in [9.17, 15) is 21.2 Å². The first kappa shape index (κ1) is 17.3. The number of rotatable bonds is 3. The molecule has 132 valence electrons. The first-order chi connectivity index (χ1) is 11.1. The first-order valence-corrected chi connectivity index (χ1v) is 11.0. The molecule has 9 heteroatoms. The highest BCUT2D eigenvalue weighted by molar-refractivity contribution is 7.96. The lowest BCUT2D eigenvalue weighted by atomic mass is 10.2. The lowest BCUT2D eigenvalue weighted by Crippen LogP contribution is -2.47. The summed E-state index contributed by atoms with van der Waals surface area (Å²) < 4.78 is 64.4. The third-order valence-corrected chi connectivity index (χ3v) is 8.69. The van der Waals surface area contributed by atoms with Crippen molar-refractivity contribution in [3.05, 3.63) is 29.6 Å². The fourth-order valence-corrected chi connectivity index (χ4v) is 8.28. The summed E-state index contributed by atoms with van der Waals surface area (Å²) in [6.07, 6.45) is 0. The zero-order valence-electron chi connectivity index (χ0n) is 13.4. The average molecular weight is 374 g/mol. The normalized spacial score (nSPS) is 26.6. The molecule has 0 bridgehead atoms. The molecule has 0 spiro atoms. The van der Waals surface area contributed by atoms with Crippen molar-refractivity contribution in [1.82, 2.24) is 4.90 Å². The molecule has 0 amide bonds. The zero-order chi connectivity index (χ0) is 17.7. The number of nitrogens with zero attached hydrogens (tertiary/aromatic N) is 2. The first-order valence-electron chi connectivity index (χ1n) is 7.60. The van der Waals surface area contributed by atoms with Crippen molar-refractivity contribution in [3.8, 4) is 0 Å². The highest BCUT2D eigenvalue weighted by atomic mass is 32.2. The summed E-state index contributed by atoms with van der Waals surface area (Å²) in [5.41, 5.74) is 0.603. The minimum absolute atomic E-state index is 0.253. The van der Waals surface area contributed by atoms with Gasteiger partial charge in [-0.2, -0.15) is 0 Å². The Morgan fingerprint density at radius 3 is 2.58 bits per heavy atom. The van der Waals surface area contributed by atoms with Gasteiger partial charge in [-0.1, -0.05) is 6.07 Å². The summed E-state index contributed by atoms with van der Waals surface area (Å²) in [6, 6.07) is 3.11. The Labute approximate surface area is 141 Å². The van der Waals surface area contributed by atoms with Crippen LogP contribution < -0.4 is 0 Å². The van der Waals surface area contributed by atoms with Crippen LogP contribution in [-0.2, 0) is 19.7 Å². The molecule has 0 unspecified atom stereocenters. The van der Waals surface area contributed by atoms with Gasteiger partial charge in [0.05, 0.1) is 29.9 Å². The molecule has 2 aliphatic heterocycles. The van der Waals surface area contributed by atoms with Crippen LogP contribution >= 0.6 is 0 Å². The van der Waals surface area contributed by atoms with E-state index in [1.54, 1.807) is 18.7 Å². The molecule has 24 heavy (non-hydrogen) atoms. The van der Waals surface area contributed by atoms with Gasteiger partial charge in [-0.25, -0.2) is 21.2 Å². The number of aliphatic imine (C=N–C) groups is 1. The fourth-order valence-electron chi connectivity index (χ4n) is 3.35. The molecular formula is C15H19FN2O4S2. The molecular weight excluding hydrogens is 355 g/mol. The predicted octanol–water partition coefficient (Wildman–Crippen LogP) is 0.807. The number of benzene rings is 1. The molecule has 2 atom stereocenters. The molecule has 6 nitrogen and oxygen atoms in total. The summed E-state index contributed by atoms with van der Waals surface area (Å²) in [7, 11) is -7.64. The van der Waals surface area contributed by atoms with Crippen molar-refractivity contribution in [2.24, 2.45) is 4.99 Å². The lowest BCUT2D eigenvalue weighted by molar-refractivity contribution is 0.359. The van der Waals surface area contributed by atoms with Gasteiger partial charge < -0.3 is 4.90 Å². The van der Waals surface area contributed by atoms with E-state index in [1.807, 2.05) is 0 Å². The fraction of sp³-hybridized carbons (Fsp3) is 0.533. The van der Waals surface area contributed by atoms with Gasteiger partial charge in [0.15, 0.2) is 19.7 Å². The summed E-state index contributed by atoms with van der Waals surface area (Å²) >= 11 is 0. The summed E-state index contributed by atoms with van der Waals surface area (Å²) in [4.78, 5) is 5.50. The standard InChI is InChI=1S/C15H19FN2O4S2/c1-10-3-4-12(16)14(7-10)24(21,22)15-9-23(19,20)8-13(15)18-6-5-17-11(18)2/h3-4,7,13,15H,5-6,8-9H2,1-2H3/t13-,15-/m0/s1. The Hall–Kier alpha value is -1.48. The van der Waals surface area contributed by atoms with Gasteiger partial charge in [-0.3, -0.25) is 4.99 Å². The van der Waals surface area contributed by atoms with Crippen molar-refractivity contribution in [2.75, 3.05) is 24.6 Å². The molecule has 0 saturated carbocycles. The molecule has 1 saturated heterocycles. The van der Waals surface area contributed by atoms with Gasteiger partial charge in [0.1, 0.15) is 16.0 Å². The third kappa shape index (κ3) is 2.95. The van der Waals surface area contributed by atoms with Gasteiger partial charge in [-0.05, 0) is 31.5 Å². The van der Waals surface area contributed by atoms with Crippen LogP contribution in [0, 0.1) is 12.7 Å². The topological polar surface area (TPSA) is 83.9 Å². The average Bonchev–Trinajstić information content (AvgIpc) is 3.04. The van der Waals surface area contributed by atoms with E-state index in [0.717, 1.165) is 6.07 Å². The predicted molar refractivity (Wildman–Crippen MR) is 89.2 cm³/mol. The maximum absolute atomic E-state index is 14.1. The number of hydrogen-bond donors (Lipinski definition) is 0. The molecule has 0 radical (unpaired) electrons. The Morgan fingerprint density at radius 1 is 1.25 bits per heavy atom. The Morgan fingerprint density at radius 2 is 1.96 bits per heavy atom. The van der Waals surface area contributed by atoms with Crippen LogP contribution in [0.25, 0.3) is 0 Å². The van der Waals surface area contributed by atoms with Crippen LogP contribution in [0.15, 0.2) is 28.1 Å². The summed E-state index contributed by atoms with van der Waals surface area (Å²) in [6.45, 7) is 4.38. The number of sulfone groups is 2. The SMILES string of the molecule is CC1=NCCN1[C@H]1CS(=O)(=O)C[C@@H]1S(=O)(=O)c1cc(C)ccc1F. The minimum Gasteiger partial charge on any atom is -0.353 e. The van der Waals surface area contributed by atoms with E-state index in [-0.39, 0.29) is 5.75 Å². The number of halogens is 1. The molecule has 0 aromatic heterocycles. The van der Waals surface area contributed by atoms with Crippen molar-refractivity contribution >= 4 is 25.5 Å². The highest BCUT2D eigenvalue weighted by Crippen LogP contribution is 2.31. The van der Waals surface area contributed by atoms with E-state index in [4.69, 9.17) is 0 Å². The van der Waals surface area contributed by atoms with E-state index in [2.05, 4.69) is 4.99 Å². The maximum atomic E-state index is 14.1. The van der Waals surface area contributed by atoms with E-state index in [1.165, 1.54) is 12.1 Å². The molecule has 2 aliphatic rings. The third-order valence-electron chi connectivity index (χ3n) is 4.56. The van der Waals surface area contributed by atoms with Crippen LogP contribution in [0.1, 0.15) is 12.5 Å². The molecule has 0 aliphatic carbocycles. The van der Waals surface area contributed by atoms with Crippen molar-refractivity contribution < 1.29 is 21.2 Å². The second-order valence-corrected chi connectivity index (χ2v) is 10.6. The van der Waals surface area contributed by atoms with Gasteiger partial charge in [0.2, 0.25) is 0 Å². The molecule has 1 aromatic carbocycles. The molecule has 1 fully saturated rings. The van der Waals surface area contributed by atoms with Crippen LogP contribution in [0.5, 0.6) is 0 Å². The van der Waals surface area contributed by atoms with Crippen molar-refractivity contribution in [2.45, 2.75) is 30.0 Å².